The molecule has 3 rings (SSSR count). The van der Waals surface area contributed by atoms with E-state index >= 15 is 0 Å². The summed E-state index contributed by atoms with van der Waals surface area (Å²) in [4.78, 5) is 0.175. The third kappa shape index (κ3) is 2.69. The van der Waals surface area contributed by atoms with Gasteiger partial charge < -0.3 is 5.11 Å². The molecule has 2 unspecified atom stereocenters. The Morgan fingerprint density at radius 2 is 1.65 bits per heavy atom. The van der Waals surface area contributed by atoms with Crippen molar-refractivity contribution in [3.8, 4) is 5.75 Å². The largest absolute Gasteiger partial charge is 0.508 e. The summed E-state index contributed by atoms with van der Waals surface area (Å²) in [7, 11) is -3.52. The molecule has 0 amide bonds. The highest BCUT2D eigenvalue weighted by Gasteiger charge is 2.41. The van der Waals surface area contributed by atoms with Crippen LogP contribution in [0.4, 0.5) is 0 Å². The van der Waals surface area contributed by atoms with Gasteiger partial charge in [-0.3, -0.25) is 0 Å². The zero-order valence-electron chi connectivity index (χ0n) is 10.7. The number of rotatable bonds is 4. The van der Waals surface area contributed by atoms with Gasteiger partial charge in [-0.05, 0) is 36.2 Å². The van der Waals surface area contributed by atoms with Crippen LogP contribution in [0.15, 0.2) is 59.5 Å². The lowest BCUT2D eigenvalue weighted by atomic mass is 10.1. The monoisotopic (exact) mass is 289 g/mol. The van der Waals surface area contributed by atoms with Crippen LogP contribution in [0.1, 0.15) is 17.9 Å². The second-order valence-electron chi connectivity index (χ2n) is 4.97. The zero-order chi connectivity index (χ0) is 14.2. The molecule has 0 bridgehead atoms. The molecule has 5 heteroatoms. The Labute approximate surface area is 118 Å². The summed E-state index contributed by atoms with van der Waals surface area (Å²) >= 11 is 0. The van der Waals surface area contributed by atoms with Gasteiger partial charge in [0.1, 0.15) is 5.75 Å². The van der Waals surface area contributed by atoms with Crippen molar-refractivity contribution in [2.45, 2.75) is 23.3 Å². The molecule has 4 nitrogen and oxygen atoms in total. The van der Waals surface area contributed by atoms with Gasteiger partial charge in [-0.15, -0.1) is 0 Å². The van der Waals surface area contributed by atoms with E-state index in [1.54, 1.807) is 0 Å². The molecule has 1 aliphatic rings. The van der Waals surface area contributed by atoms with E-state index in [1.165, 1.54) is 24.3 Å². The first-order valence-electron chi connectivity index (χ1n) is 6.42. The maximum atomic E-state index is 12.2. The van der Waals surface area contributed by atoms with Gasteiger partial charge in [-0.2, -0.15) is 0 Å². The van der Waals surface area contributed by atoms with Gasteiger partial charge in [0, 0.05) is 12.0 Å². The van der Waals surface area contributed by atoms with Crippen LogP contribution in [0.5, 0.6) is 5.75 Å². The number of hydrogen-bond donors (Lipinski definition) is 2. The Balaban J connectivity index is 1.71. The molecule has 2 atom stereocenters. The predicted molar refractivity (Wildman–Crippen MR) is 76.0 cm³/mol. The molecule has 1 fully saturated rings. The van der Waals surface area contributed by atoms with Crippen LogP contribution in [0, 0.1) is 0 Å². The fourth-order valence-corrected chi connectivity index (χ4v) is 3.58. The molecule has 0 saturated heterocycles. The van der Waals surface area contributed by atoms with E-state index in [0.29, 0.717) is 0 Å². The number of nitrogens with one attached hydrogen (secondary N) is 1. The average Bonchev–Trinajstić information content (AvgIpc) is 3.19. The van der Waals surface area contributed by atoms with Crippen molar-refractivity contribution in [3.63, 3.8) is 0 Å². The highest BCUT2D eigenvalue weighted by atomic mass is 32.2. The van der Waals surface area contributed by atoms with Crippen molar-refractivity contribution in [1.82, 2.24) is 4.72 Å². The van der Waals surface area contributed by atoms with Crippen molar-refractivity contribution >= 4 is 10.0 Å². The SMILES string of the molecule is O=S(=O)(NC1CC1c1ccccc1)c1ccc(O)cc1. The predicted octanol–water partition coefficient (Wildman–Crippen LogP) is 2.23. The summed E-state index contributed by atoms with van der Waals surface area (Å²) in [5.41, 5.74) is 1.16. The Bertz CT molecular complexity index is 696. The summed E-state index contributed by atoms with van der Waals surface area (Å²) in [6.07, 6.45) is 0.821. The highest BCUT2D eigenvalue weighted by molar-refractivity contribution is 7.89. The molecule has 0 aromatic heterocycles. The molecular formula is C15H15NO3S. The Hall–Kier alpha value is -1.85. The van der Waals surface area contributed by atoms with Crippen LogP contribution in [0.3, 0.4) is 0 Å². The van der Waals surface area contributed by atoms with Crippen molar-refractivity contribution in [2.75, 3.05) is 0 Å². The Morgan fingerprint density at radius 3 is 2.30 bits per heavy atom. The molecule has 0 spiro atoms. The van der Waals surface area contributed by atoms with Gasteiger partial charge in [-0.1, -0.05) is 30.3 Å². The molecule has 1 saturated carbocycles. The maximum absolute atomic E-state index is 12.2. The third-order valence-electron chi connectivity index (χ3n) is 3.47. The second-order valence-corrected chi connectivity index (χ2v) is 6.69. The standard InChI is InChI=1S/C15H15NO3S/c17-12-6-8-13(9-7-12)20(18,19)16-15-10-14(15)11-4-2-1-3-5-11/h1-9,14-17H,10H2. The lowest BCUT2D eigenvalue weighted by Gasteiger charge is -2.06. The molecule has 104 valence electrons. The average molecular weight is 289 g/mol. The first-order valence-corrected chi connectivity index (χ1v) is 7.91. The number of benzene rings is 2. The van der Waals surface area contributed by atoms with E-state index < -0.39 is 10.0 Å². The van der Waals surface area contributed by atoms with Crippen LogP contribution in [0.2, 0.25) is 0 Å². The van der Waals surface area contributed by atoms with E-state index in [0.717, 1.165) is 12.0 Å². The molecule has 2 N–H and O–H groups in total. The molecule has 0 radical (unpaired) electrons. The quantitative estimate of drug-likeness (QED) is 0.907. The maximum Gasteiger partial charge on any atom is 0.240 e. The van der Waals surface area contributed by atoms with Crippen molar-refractivity contribution in [3.05, 3.63) is 60.2 Å². The number of phenolic OH excluding ortho intramolecular Hbond substituents is 1. The van der Waals surface area contributed by atoms with Crippen molar-refractivity contribution < 1.29 is 13.5 Å². The summed E-state index contributed by atoms with van der Waals surface area (Å²) in [6.45, 7) is 0. The minimum absolute atomic E-state index is 0.0452. The van der Waals surface area contributed by atoms with Gasteiger partial charge in [0.15, 0.2) is 0 Å². The van der Waals surface area contributed by atoms with E-state index in [4.69, 9.17) is 0 Å². The van der Waals surface area contributed by atoms with Gasteiger partial charge in [0.25, 0.3) is 0 Å². The topological polar surface area (TPSA) is 66.4 Å². The first-order chi connectivity index (χ1) is 9.56. The van der Waals surface area contributed by atoms with Crippen LogP contribution >= 0.6 is 0 Å². The molecule has 20 heavy (non-hydrogen) atoms. The summed E-state index contributed by atoms with van der Waals surface area (Å²) < 4.78 is 27.1. The first kappa shape index (κ1) is 13.1. The van der Waals surface area contributed by atoms with Crippen molar-refractivity contribution in [2.24, 2.45) is 0 Å². The highest BCUT2D eigenvalue weighted by Crippen LogP contribution is 2.41. The van der Waals surface area contributed by atoms with Crippen LogP contribution in [-0.2, 0) is 10.0 Å². The third-order valence-corrected chi connectivity index (χ3v) is 4.98. The number of hydrogen-bond acceptors (Lipinski definition) is 3. The van der Waals surface area contributed by atoms with E-state index in [-0.39, 0.29) is 22.6 Å². The summed E-state index contributed by atoms with van der Waals surface area (Å²) in [6, 6.07) is 15.4. The van der Waals surface area contributed by atoms with E-state index in [9.17, 15) is 13.5 Å². The zero-order valence-corrected chi connectivity index (χ0v) is 11.5. The molecule has 2 aromatic carbocycles. The molecule has 1 aliphatic carbocycles. The van der Waals surface area contributed by atoms with Gasteiger partial charge >= 0.3 is 0 Å². The molecule has 0 heterocycles. The minimum atomic E-state index is -3.52. The van der Waals surface area contributed by atoms with E-state index in [1.807, 2.05) is 30.3 Å². The number of sulfonamides is 1. The van der Waals surface area contributed by atoms with Crippen molar-refractivity contribution in [1.29, 1.82) is 0 Å². The van der Waals surface area contributed by atoms with E-state index in [2.05, 4.69) is 4.72 Å². The van der Waals surface area contributed by atoms with Crippen LogP contribution < -0.4 is 4.72 Å². The molecule has 2 aromatic rings. The lowest BCUT2D eigenvalue weighted by molar-refractivity contribution is 0.474. The fraction of sp³-hybridized carbons (Fsp3) is 0.200. The van der Waals surface area contributed by atoms with Gasteiger partial charge in [0.2, 0.25) is 10.0 Å². The summed E-state index contributed by atoms with van der Waals surface area (Å²) in [5.74, 6) is 0.306. The summed E-state index contributed by atoms with van der Waals surface area (Å²) in [5, 5.41) is 9.19. The van der Waals surface area contributed by atoms with Gasteiger partial charge in [-0.25, -0.2) is 13.1 Å². The van der Waals surface area contributed by atoms with Gasteiger partial charge in [0.05, 0.1) is 4.90 Å². The lowest BCUT2D eigenvalue weighted by Crippen LogP contribution is -2.26. The Morgan fingerprint density at radius 1 is 1.00 bits per heavy atom. The fourth-order valence-electron chi connectivity index (χ4n) is 2.29. The Kier molecular flexibility index (Phi) is 3.23. The normalized spacial score (nSPS) is 21.6. The second kappa shape index (κ2) is 4.92. The smallest absolute Gasteiger partial charge is 0.240 e. The number of phenols is 1. The molecular weight excluding hydrogens is 274 g/mol. The molecule has 0 aliphatic heterocycles. The van der Waals surface area contributed by atoms with Crippen LogP contribution in [0.25, 0.3) is 0 Å². The minimum Gasteiger partial charge on any atom is -0.508 e. The number of aromatic hydroxyl groups is 1. The van der Waals surface area contributed by atoms with Crippen LogP contribution in [-0.4, -0.2) is 19.6 Å².